The third kappa shape index (κ3) is 4.47. The number of aryl methyl sites for hydroxylation is 2. The summed E-state index contributed by atoms with van der Waals surface area (Å²) in [6.07, 6.45) is 0.124. The number of amides is 1. The summed E-state index contributed by atoms with van der Waals surface area (Å²) >= 11 is 0. The Bertz CT molecular complexity index is 1340. The van der Waals surface area contributed by atoms with Crippen molar-refractivity contribution in [2.75, 3.05) is 16.6 Å². The van der Waals surface area contributed by atoms with Crippen molar-refractivity contribution in [1.29, 1.82) is 0 Å². The number of aromatic nitrogens is 2. The van der Waals surface area contributed by atoms with Gasteiger partial charge in [0.1, 0.15) is 11.6 Å². The number of sulfonamides is 1. The zero-order valence-electron chi connectivity index (χ0n) is 18.5. The number of anilines is 2. The zero-order chi connectivity index (χ0) is 23.8. The lowest BCUT2D eigenvalue weighted by Crippen LogP contribution is -2.15. The van der Waals surface area contributed by atoms with Crippen molar-refractivity contribution < 1.29 is 22.7 Å². The minimum atomic E-state index is -3.92. The van der Waals surface area contributed by atoms with Crippen LogP contribution in [0, 0.1) is 13.8 Å². The molecule has 172 valence electrons. The number of carbonyl (C=O) groups is 2. The summed E-state index contributed by atoms with van der Waals surface area (Å²) in [4.78, 5) is 24.6. The maximum absolute atomic E-state index is 13.2. The van der Waals surface area contributed by atoms with Crippen molar-refractivity contribution in [2.45, 2.75) is 38.5 Å². The highest BCUT2D eigenvalue weighted by atomic mass is 32.2. The van der Waals surface area contributed by atoms with Crippen LogP contribution in [0.2, 0.25) is 0 Å². The van der Waals surface area contributed by atoms with Crippen LogP contribution in [0.25, 0.3) is 11.1 Å². The number of nitrogens with zero attached hydrogens (tertiary/aromatic N) is 2. The van der Waals surface area contributed by atoms with E-state index in [4.69, 9.17) is 4.74 Å². The monoisotopic (exact) mass is 468 g/mol. The van der Waals surface area contributed by atoms with Crippen molar-refractivity contribution in [2.24, 2.45) is 0 Å². The highest BCUT2D eigenvalue weighted by Crippen LogP contribution is 2.35. The molecule has 0 saturated carbocycles. The van der Waals surface area contributed by atoms with E-state index < -0.39 is 10.0 Å². The Morgan fingerprint density at radius 3 is 2.52 bits per heavy atom. The van der Waals surface area contributed by atoms with Crippen molar-refractivity contribution in [3.63, 3.8) is 0 Å². The fraction of sp³-hybridized carbons (Fsp3) is 0.261. The minimum absolute atomic E-state index is 0.0545. The Morgan fingerprint density at radius 2 is 1.82 bits per heavy atom. The molecule has 0 bridgehead atoms. The van der Waals surface area contributed by atoms with Gasteiger partial charge in [-0.15, -0.1) is 0 Å². The highest BCUT2D eigenvalue weighted by Gasteiger charge is 2.27. The standard InChI is InChI=1S/C23H24N4O5S/c1-4-32-18-9-7-17(8-10-18)26-33(30,31)19-13-16(6-5-14(19)2)22-15(3)25-27-21(29)12-11-20(28)24-23(22)27/h5-10,13,26H,4,11-12H2,1-3H3,(H,24,28). The van der Waals surface area contributed by atoms with Crippen LogP contribution in [0.3, 0.4) is 0 Å². The number of carbonyl (C=O) groups excluding carboxylic acids is 2. The number of benzene rings is 2. The molecule has 4 rings (SSSR count). The number of nitrogens with one attached hydrogen (secondary N) is 2. The van der Waals surface area contributed by atoms with E-state index in [9.17, 15) is 18.0 Å². The number of hydrogen-bond acceptors (Lipinski definition) is 6. The van der Waals surface area contributed by atoms with Crippen molar-refractivity contribution >= 4 is 33.3 Å². The normalized spacial score (nSPS) is 13.8. The second kappa shape index (κ2) is 8.70. The van der Waals surface area contributed by atoms with E-state index >= 15 is 0 Å². The molecule has 0 unspecified atom stereocenters. The predicted molar refractivity (Wildman–Crippen MR) is 124 cm³/mol. The third-order valence-corrected chi connectivity index (χ3v) is 6.83. The van der Waals surface area contributed by atoms with E-state index in [1.54, 1.807) is 50.2 Å². The molecule has 1 aliphatic heterocycles. The predicted octanol–water partition coefficient (Wildman–Crippen LogP) is 3.74. The molecule has 0 saturated heterocycles. The van der Waals surface area contributed by atoms with Crippen LogP contribution in [0.1, 0.15) is 35.8 Å². The molecule has 2 N–H and O–H groups in total. The maximum atomic E-state index is 13.2. The molecule has 9 nitrogen and oxygen atoms in total. The van der Waals surface area contributed by atoms with E-state index in [0.29, 0.717) is 40.4 Å². The first-order chi connectivity index (χ1) is 15.7. The van der Waals surface area contributed by atoms with Gasteiger partial charge in [0.15, 0.2) is 0 Å². The minimum Gasteiger partial charge on any atom is -0.494 e. The Balaban J connectivity index is 1.73. The average Bonchev–Trinajstić information content (AvgIpc) is 3.02. The molecule has 10 heteroatoms. The van der Waals surface area contributed by atoms with E-state index in [0.717, 1.165) is 0 Å². The van der Waals surface area contributed by atoms with Gasteiger partial charge in [-0.3, -0.25) is 14.3 Å². The molecular formula is C23H24N4O5S. The molecule has 0 aliphatic carbocycles. The van der Waals surface area contributed by atoms with Gasteiger partial charge in [-0.1, -0.05) is 12.1 Å². The van der Waals surface area contributed by atoms with Crippen LogP contribution in [0.5, 0.6) is 5.75 Å². The van der Waals surface area contributed by atoms with Crippen molar-refractivity contribution in [3.05, 3.63) is 53.7 Å². The van der Waals surface area contributed by atoms with Gasteiger partial charge in [0.25, 0.3) is 10.0 Å². The van der Waals surface area contributed by atoms with E-state index in [2.05, 4.69) is 15.1 Å². The SMILES string of the molecule is CCOc1ccc(NS(=O)(=O)c2cc(-c3c(C)nn4c3NC(=O)CCC4=O)ccc2C)cc1. The number of rotatable bonds is 6. The molecule has 1 aromatic heterocycles. The lowest BCUT2D eigenvalue weighted by molar-refractivity contribution is -0.116. The number of fused-ring (bicyclic) bond motifs is 1. The Hall–Kier alpha value is -3.66. The second-order valence-electron chi connectivity index (χ2n) is 7.71. The number of hydrogen-bond donors (Lipinski definition) is 2. The van der Waals surface area contributed by atoms with Crippen LogP contribution in [-0.2, 0) is 14.8 Å². The molecular weight excluding hydrogens is 444 g/mol. The first-order valence-electron chi connectivity index (χ1n) is 10.5. The first-order valence-corrected chi connectivity index (χ1v) is 12.0. The van der Waals surface area contributed by atoms with Gasteiger partial charge < -0.3 is 10.1 Å². The first kappa shape index (κ1) is 22.5. The van der Waals surface area contributed by atoms with Gasteiger partial charge in [0.2, 0.25) is 11.8 Å². The molecule has 1 aliphatic rings. The maximum Gasteiger partial charge on any atom is 0.262 e. The average molecular weight is 469 g/mol. The van der Waals surface area contributed by atoms with Crippen LogP contribution < -0.4 is 14.8 Å². The molecule has 0 atom stereocenters. The van der Waals surface area contributed by atoms with Gasteiger partial charge >= 0.3 is 0 Å². The van der Waals surface area contributed by atoms with E-state index in [-0.39, 0.29) is 35.4 Å². The highest BCUT2D eigenvalue weighted by molar-refractivity contribution is 7.92. The molecule has 1 amide bonds. The number of ether oxygens (including phenoxy) is 1. The molecule has 2 heterocycles. The second-order valence-corrected chi connectivity index (χ2v) is 9.36. The quantitative estimate of drug-likeness (QED) is 0.569. The van der Waals surface area contributed by atoms with Gasteiger partial charge in [-0.2, -0.15) is 9.78 Å². The van der Waals surface area contributed by atoms with Crippen LogP contribution in [-0.4, -0.2) is 36.6 Å². The van der Waals surface area contributed by atoms with Gasteiger partial charge in [-0.05, 0) is 62.2 Å². The fourth-order valence-corrected chi connectivity index (χ4v) is 5.06. The summed E-state index contributed by atoms with van der Waals surface area (Å²) in [5.41, 5.74) is 2.50. The summed E-state index contributed by atoms with van der Waals surface area (Å²) in [7, 11) is -3.92. The third-order valence-electron chi connectivity index (χ3n) is 5.30. The fourth-order valence-electron chi connectivity index (χ4n) is 3.73. The summed E-state index contributed by atoms with van der Waals surface area (Å²) in [5, 5.41) is 7.02. The summed E-state index contributed by atoms with van der Waals surface area (Å²) in [5.74, 6) is 0.314. The van der Waals surface area contributed by atoms with Gasteiger partial charge in [0, 0.05) is 24.1 Å². The molecule has 0 radical (unpaired) electrons. The van der Waals surface area contributed by atoms with Gasteiger partial charge in [0.05, 0.1) is 17.2 Å². The smallest absolute Gasteiger partial charge is 0.262 e. The molecule has 0 fully saturated rings. The Labute approximate surface area is 191 Å². The van der Waals surface area contributed by atoms with Crippen molar-refractivity contribution in [1.82, 2.24) is 9.78 Å². The summed E-state index contributed by atoms with van der Waals surface area (Å²) in [6.45, 7) is 5.80. The molecule has 33 heavy (non-hydrogen) atoms. The summed E-state index contributed by atoms with van der Waals surface area (Å²) in [6, 6.07) is 11.6. The molecule has 3 aromatic rings. The van der Waals surface area contributed by atoms with Crippen molar-refractivity contribution in [3.8, 4) is 16.9 Å². The largest absolute Gasteiger partial charge is 0.494 e. The molecule has 0 spiro atoms. The van der Waals surface area contributed by atoms with E-state index in [1.165, 1.54) is 10.7 Å². The zero-order valence-corrected chi connectivity index (χ0v) is 19.3. The topological polar surface area (TPSA) is 119 Å². The van der Waals surface area contributed by atoms with E-state index in [1.807, 2.05) is 6.92 Å². The Morgan fingerprint density at radius 1 is 1.09 bits per heavy atom. The van der Waals surface area contributed by atoms with Gasteiger partial charge in [-0.25, -0.2) is 8.42 Å². The Kier molecular flexibility index (Phi) is 5.94. The molecule has 2 aromatic carbocycles. The van der Waals surface area contributed by atoms with Crippen LogP contribution >= 0.6 is 0 Å². The van der Waals surface area contributed by atoms with Crippen LogP contribution in [0.4, 0.5) is 11.5 Å². The summed E-state index contributed by atoms with van der Waals surface area (Å²) < 4.78 is 35.6. The van der Waals surface area contributed by atoms with Crippen LogP contribution in [0.15, 0.2) is 47.4 Å². The lowest BCUT2D eigenvalue weighted by Gasteiger charge is -2.13. The lowest BCUT2D eigenvalue weighted by atomic mass is 10.0.